The van der Waals surface area contributed by atoms with Gasteiger partial charge in [-0.2, -0.15) is 5.26 Å². The molecule has 14 nitrogen and oxygen atoms in total. The average molecular weight is 868 g/mol. The third-order valence-electron chi connectivity index (χ3n) is 13.5. The molecule has 5 aromatic rings. The highest BCUT2D eigenvalue weighted by atomic mass is 19.1. The van der Waals surface area contributed by atoms with Gasteiger partial charge in [0, 0.05) is 88.8 Å². The molecule has 3 amide bonds. The van der Waals surface area contributed by atoms with E-state index in [0.717, 1.165) is 75.6 Å². The molecule has 0 spiro atoms. The lowest BCUT2D eigenvalue weighted by Crippen LogP contribution is -2.52. The number of carbonyl (C=O) groups is 3. The molecule has 2 atom stereocenters. The normalized spacial score (nSPS) is 20.8. The minimum Gasteiger partial charge on any atom is -0.453 e. The van der Waals surface area contributed by atoms with Crippen LogP contribution < -0.4 is 30.3 Å². The Hall–Kier alpha value is -6.86. The highest BCUT2D eigenvalue weighted by molar-refractivity contribution is 6.05. The quantitative estimate of drug-likeness (QED) is 0.187. The number of rotatable bonds is 9. The minimum atomic E-state index is -1.03. The molecule has 4 saturated heterocycles. The molecule has 1 N–H and O–H groups in total. The fourth-order valence-electron chi connectivity index (χ4n) is 9.91. The predicted molar refractivity (Wildman–Crippen MR) is 236 cm³/mol. The monoisotopic (exact) mass is 867 g/mol. The van der Waals surface area contributed by atoms with Crippen molar-refractivity contribution in [1.29, 1.82) is 5.26 Å². The molecule has 328 valence electrons. The minimum absolute atomic E-state index is 0.0338. The summed E-state index contributed by atoms with van der Waals surface area (Å²) < 4.78 is 36.5. The van der Waals surface area contributed by atoms with Gasteiger partial charge in [0.2, 0.25) is 11.8 Å². The van der Waals surface area contributed by atoms with Gasteiger partial charge in [0.15, 0.2) is 11.6 Å². The van der Waals surface area contributed by atoms with Crippen LogP contribution in [0.3, 0.4) is 0 Å². The van der Waals surface area contributed by atoms with E-state index in [1.54, 1.807) is 21.9 Å². The first-order valence-electron chi connectivity index (χ1n) is 22.0. The van der Waals surface area contributed by atoms with Crippen molar-refractivity contribution in [3.8, 4) is 23.3 Å². The number of piperazine rings is 1. The first-order valence-corrected chi connectivity index (χ1v) is 22.0. The van der Waals surface area contributed by atoms with E-state index in [9.17, 15) is 28.8 Å². The maximum absolute atomic E-state index is 15.1. The van der Waals surface area contributed by atoms with Gasteiger partial charge < -0.3 is 24.3 Å². The van der Waals surface area contributed by atoms with Crippen LogP contribution in [0.5, 0.6) is 11.5 Å². The summed E-state index contributed by atoms with van der Waals surface area (Å²) in [7, 11) is 0. The summed E-state index contributed by atoms with van der Waals surface area (Å²) >= 11 is 0. The van der Waals surface area contributed by atoms with E-state index in [4.69, 9.17) is 4.74 Å². The van der Waals surface area contributed by atoms with Crippen LogP contribution in [-0.2, 0) is 16.1 Å². The molecule has 0 saturated carbocycles. The molecule has 0 bridgehead atoms. The van der Waals surface area contributed by atoms with Crippen molar-refractivity contribution in [2.24, 2.45) is 5.92 Å². The largest absolute Gasteiger partial charge is 0.453 e. The van der Waals surface area contributed by atoms with Gasteiger partial charge in [-0.3, -0.25) is 34.0 Å². The van der Waals surface area contributed by atoms with Crippen molar-refractivity contribution in [2.75, 3.05) is 73.6 Å². The molecule has 0 radical (unpaired) electrons. The lowest BCUT2D eigenvalue weighted by Gasteiger charge is -2.40. The third-order valence-corrected chi connectivity index (χ3v) is 13.5. The molecule has 1 aromatic heterocycles. The maximum Gasteiger partial charge on any atom is 0.265 e. The number of aromatic nitrogens is 2. The second kappa shape index (κ2) is 17.0. The van der Waals surface area contributed by atoms with E-state index < -0.39 is 23.9 Å². The fraction of sp³-hybridized carbons (Fsp3) is 0.375. The number of anilines is 3. The number of nitrogens with one attached hydrogen (secondary N) is 1. The first kappa shape index (κ1) is 41.2. The highest BCUT2D eigenvalue weighted by Gasteiger charge is 2.39. The number of carbonyl (C=O) groups excluding carboxylic acids is 3. The van der Waals surface area contributed by atoms with Gasteiger partial charge in [0.05, 0.1) is 22.3 Å². The van der Waals surface area contributed by atoms with Crippen LogP contribution in [0.15, 0.2) is 83.9 Å². The number of amides is 3. The van der Waals surface area contributed by atoms with E-state index in [-0.39, 0.29) is 52.8 Å². The van der Waals surface area contributed by atoms with Gasteiger partial charge in [-0.1, -0.05) is 6.07 Å². The average Bonchev–Trinajstić information content (AvgIpc) is 3.89. The molecule has 6 heterocycles. The number of hydrogen-bond acceptors (Lipinski definition) is 11. The van der Waals surface area contributed by atoms with Gasteiger partial charge >= 0.3 is 0 Å². The van der Waals surface area contributed by atoms with Crippen molar-refractivity contribution < 1.29 is 27.9 Å². The van der Waals surface area contributed by atoms with Crippen molar-refractivity contribution >= 4 is 45.7 Å². The molecule has 5 aliphatic heterocycles. The Morgan fingerprint density at radius 3 is 2.27 bits per heavy atom. The van der Waals surface area contributed by atoms with E-state index in [2.05, 4.69) is 31.1 Å². The topological polar surface area (TPSA) is 147 Å². The van der Waals surface area contributed by atoms with Crippen LogP contribution in [0.1, 0.15) is 53.6 Å². The zero-order chi connectivity index (χ0) is 44.1. The smallest absolute Gasteiger partial charge is 0.265 e. The Morgan fingerprint density at radius 2 is 1.53 bits per heavy atom. The molecule has 64 heavy (non-hydrogen) atoms. The van der Waals surface area contributed by atoms with E-state index >= 15 is 4.39 Å². The number of alkyl halides is 1. The number of nitrogens with zero attached hydrogens (tertiary/aromatic N) is 8. The lowest BCUT2D eigenvalue weighted by molar-refractivity contribution is -0.136. The van der Waals surface area contributed by atoms with Crippen LogP contribution in [0, 0.1) is 23.1 Å². The molecule has 5 aliphatic rings. The summed E-state index contributed by atoms with van der Waals surface area (Å²) in [5, 5.41) is 12.6. The molecule has 16 heteroatoms. The molecule has 0 aliphatic carbocycles. The molecule has 1 unspecified atom stereocenters. The number of piperidine rings is 2. The molecule has 4 aromatic carbocycles. The Morgan fingerprint density at radius 1 is 0.797 bits per heavy atom. The lowest BCUT2D eigenvalue weighted by atomic mass is 9.95. The van der Waals surface area contributed by atoms with Crippen LogP contribution in [0.4, 0.5) is 25.8 Å². The summed E-state index contributed by atoms with van der Waals surface area (Å²) in [6.45, 7) is 7.40. The number of fused-ring (bicyclic) bond motifs is 2. The summed E-state index contributed by atoms with van der Waals surface area (Å²) in [5.74, 6) is -1.11. The number of hydrogen-bond donors (Lipinski definition) is 1. The number of ether oxygens (including phenoxy) is 1. The van der Waals surface area contributed by atoms with Crippen molar-refractivity contribution in [2.45, 2.75) is 50.9 Å². The highest BCUT2D eigenvalue weighted by Crippen LogP contribution is 2.37. The second-order valence-electron chi connectivity index (χ2n) is 17.4. The summed E-state index contributed by atoms with van der Waals surface area (Å²) in [6, 6.07) is 22.6. The SMILES string of the molecule is N#Cc1c(N2CC[C@@H](F)C2)ccc(F)c1Oc1ccc2ncn(-c3ccc(N4CCN(CC5CCN(c6ccc7c(c6)C(=O)N(C6CCC(=O)NC6=O)C7)CC5)CC4)cc3)c(=O)c2c1. The molecule has 10 rings (SSSR count). The van der Waals surface area contributed by atoms with Crippen molar-refractivity contribution in [3.63, 3.8) is 0 Å². The fourth-order valence-corrected chi connectivity index (χ4v) is 9.91. The number of imide groups is 1. The van der Waals surface area contributed by atoms with Crippen molar-refractivity contribution in [3.05, 3.63) is 112 Å². The molecule has 4 fully saturated rings. The number of halogens is 2. The second-order valence-corrected chi connectivity index (χ2v) is 17.4. The van der Waals surface area contributed by atoms with Crippen LogP contribution in [0.2, 0.25) is 0 Å². The van der Waals surface area contributed by atoms with E-state index in [0.29, 0.717) is 54.3 Å². The Balaban J connectivity index is 0.732. The van der Waals surface area contributed by atoms with Gasteiger partial charge in [-0.25, -0.2) is 13.8 Å². The standard InChI is InChI=1S/C48H47F2N9O5/c49-32-15-18-57(28-32)42-10-8-40(50)45(39(42)25-51)64-36-7-9-41-38(24-36)48(63)59(29-52-41)34-5-3-33(4-6-34)56-21-19-54(20-22-56)26-30-13-16-55(17-14-30)35-2-1-31-27-58(47(62)37(31)23-35)43-11-12-44(60)53-46(43)61/h1-10,23-24,29-30,32,43H,11-22,26-28H2,(H,53,60,61)/t32-,43?/m1/s1. The van der Waals surface area contributed by atoms with Gasteiger partial charge in [-0.05, 0) is 104 Å². The van der Waals surface area contributed by atoms with Crippen LogP contribution in [-0.4, -0.2) is 108 Å². The van der Waals surface area contributed by atoms with Crippen molar-refractivity contribution in [1.82, 2.24) is 24.7 Å². The first-order chi connectivity index (χ1) is 31.1. The zero-order valence-corrected chi connectivity index (χ0v) is 35.2. The van der Waals surface area contributed by atoms with Gasteiger partial charge in [-0.15, -0.1) is 0 Å². The maximum atomic E-state index is 15.1. The third kappa shape index (κ3) is 7.89. The van der Waals surface area contributed by atoms with Gasteiger partial charge in [0.1, 0.15) is 35.9 Å². The molecular weight excluding hydrogens is 821 g/mol. The van der Waals surface area contributed by atoms with Crippen LogP contribution in [0.25, 0.3) is 16.6 Å². The van der Waals surface area contributed by atoms with E-state index in [1.807, 2.05) is 42.5 Å². The molecular formula is C48H47F2N9O5. The summed E-state index contributed by atoms with van der Waals surface area (Å²) in [6.07, 6.45) is 3.49. The Kier molecular flexibility index (Phi) is 10.9. The van der Waals surface area contributed by atoms with Gasteiger partial charge in [0.25, 0.3) is 11.5 Å². The number of benzene rings is 4. The Labute approximate surface area is 368 Å². The zero-order valence-electron chi connectivity index (χ0n) is 35.2. The van der Waals surface area contributed by atoms with Crippen LogP contribution >= 0.6 is 0 Å². The predicted octanol–water partition coefficient (Wildman–Crippen LogP) is 5.54. The van der Waals surface area contributed by atoms with E-state index in [1.165, 1.54) is 29.1 Å². The summed E-state index contributed by atoms with van der Waals surface area (Å²) in [4.78, 5) is 66.4. The number of nitriles is 1. The Bertz CT molecular complexity index is 2760. The summed E-state index contributed by atoms with van der Waals surface area (Å²) in [5.41, 5.74) is 4.77.